The lowest BCUT2D eigenvalue weighted by Gasteiger charge is -2.25. The fourth-order valence-electron chi connectivity index (χ4n) is 2.50. The van der Waals surface area contributed by atoms with Gasteiger partial charge in [-0.25, -0.2) is 0 Å². The lowest BCUT2D eigenvalue weighted by molar-refractivity contribution is -0.139. The minimum Gasteiger partial charge on any atom is -0.340 e. The highest BCUT2D eigenvalue weighted by molar-refractivity contribution is 5.83. The summed E-state index contributed by atoms with van der Waals surface area (Å²) in [7, 11) is 1.77. The molecule has 0 bridgehead atoms. The highest BCUT2D eigenvalue weighted by atomic mass is 16.2. The third kappa shape index (κ3) is 4.95. The summed E-state index contributed by atoms with van der Waals surface area (Å²) < 4.78 is 0. The monoisotopic (exact) mass is 324 g/mol. The van der Waals surface area contributed by atoms with Gasteiger partial charge in [-0.2, -0.15) is 0 Å². The Morgan fingerprint density at radius 1 is 0.917 bits per heavy atom. The smallest absolute Gasteiger partial charge is 0.242 e. The number of carbonyl (C=O) groups is 2. The SMILES string of the molecule is CC(=O)N(CC(=O)N(C)Cc1ccccc1)Cc1ccccc1C. The van der Waals surface area contributed by atoms with Crippen molar-refractivity contribution in [2.24, 2.45) is 0 Å². The third-order valence-corrected chi connectivity index (χ3v) is 4.08. The predicted molar refractivity (Wildman–Crippen MR) is 95.2 cm³/mol. The average molecular weight is 324 g/mol. The van der Waals surface area contributed by atoms with E-state index in [0.29, 0.717) is 13.1 Å². The van der Waals surface area contributed by atoms with E-state index in [1.54, 1.807) is 16.8 Å². The molecule has 0 unspecified atom stereocenters. The largest absolute Gasteiger partial charge is 0.340 e. The summed E-state index contributed by atoms with van der Waals surface area (Å²) in [6.45, 7) is 4.59. The van der Waals surface area contributed by atoms with Crippen molar-refractivity contribution in [3.63, 3.8) is 0 Å². The summed E-state index contributed by atoms with van der Waals surface area (Å²) in [4.78, 5) is 27.6. The van der Waals surface area contributed by atoms with Crippen molar-refractivity contribution in [3.8, 4) is 0 Å². The van der Waals surface area contributed by atoms with Gasteiger partial charge in [0.25, 0.3) is 0 Å². The van der Waals surface area contributed by atoms with E-state index in [0.717, 1.165) is 16.7 Å². The second-order valence-electron chi connectivity index (χ2n) is 6.04. The second kappa shape index (κ2) is 8.29. The Bertz CT molecular complexity index is 698. The number of hydrogen-bond acceptors (Lipinski definition) is 2. The number of nitrogens with zero attached hydrogens (tertiary/aromatic N) is 2. The first-order valence-electron chi connectivity index (χ1n) is 8.05. The first kappa shape index (κ1) is 17.7. The predicted octanol–water partition coefficient (Wildman–Crippen LogP) is 3.00. The van der Waals surface area contributed by atoms with E-state index in [1.807, 2.05) is 61.5 Å². The highest BCUT2D eigenvalue weighted by Gasteiger charge is 2.17. The number of hydrogen-bond donors (Lipinski definition) is 0. The second-order valence-corrected chi connectivity index (χ2v) is 6.04. The molecule has 4 nitrogen and oxygen atoms in total. The zero-order valence-corrected chi connectivity index (χ0v) is 14.5. The number of aryl methyl sites for hydroxylation is 1. The van der Waals surface area contributed by atoms with Gasteiger partial charge in [-0.05, 0) is 23.6 Å². The Balaban J connectivity index is 2.00. The van der Waals surface area contributed by atoms with Crippen LogP contribution in [-0.4, -0.2) is 35.2 Å². The molecule has 0 fully saturated rings. The Morgan fingerprint density at radius 2 is 1.54 bits per heavy atom. The molecule has 0 saturated carbocycles. The van der Waals surface area contributed by atoms with E-state index in [1.165, 1.54) is 6.92 Å². The summed E-state index contributed by atoms with van der Waals surface area (Å²) in [5.41, 5.74) is 3.25. The maximum Gasteiger partial charge on any atom is 0.242 e. The van der Waals surface area contributed by atoms with Gasteiger partial charge in [-0.1, -0.05) is 54.6 Å². The Morgan fingerprint density at radius 3 is 2.17 bits per heavy atom. The van der Waals surface area contributed by atoms with E-state index in [4.69, 9.17) is 0 Å². The molecule has 0 aromatic heterocycles. The van der Waals surface area contributed by atoms with Crippen LogP contribution >= 0.6 is 0 Å². The number of carbonyl (C=O) groups excluding carboxylic acids is 2. The van der Waals surface area contributed by atoms with Gasteiger partial charge >= 0.3 is 0 Å². The molecule has 0 aliphatic heterocycles. The molecule has 0 aliphatic rings. The van der Waals surface area contributed by atoms with E-state index in [2.05, 4.69) is 0 Å². The number of benzene rings is 2. The Labute approximate surface area is 143 Å². The van der Waals surface area contributed by atoms with Gasteiger partial charge in [-0.3, -0.25) is 9.59 Å². The molecule has 126 valence electrons. The molecular weight excluding hydrogens is 300 g/mol. The van der Waals surface area contributed by atoms with Crippen LogP contribution in [0.1, 0.15) is 23.6 Å². The molecule has 2 aromatic rings. The molecule has 24 heavy (non-hydrogen) atoms. The maximum atomic E-state index is 12.5. The van der Waals surface area contributed by atoms with Gasteiger partial charge in [0.2, 0.25) is 11.8 Å². The van der Waals surface area contributed by atoms with Crippen molar-refractivity contribution < 1.29 is 9.59 Å². The lowest BCUT2D eigenvalue weighted by Crippen LogP contribution is -2.40. The van der Waals surface area contributed by atoms with Crippen molar-refractivity contribution in [2.75, 3.05) is 13.6 Å². The van der Waals surface area contributed by atoms with Crippen molar-refractivity contribution in [1.29, 1.82) is 0 Å². The molecule has 0 radical (unpaired) electrons. The number of amides is 2. The molecule has 0 heterocycles. The van der Waals surface area contributed by atoms with Gasteiger partial charge in [0.05, 0.1) is 0 Å². The molecule has 0 saturated heterocycles. The third-order valence-electron chi connectivity index (χ3n) is 4.08. The van der Waals surface area contributed by atoms with Crippen LogP contribution < -0.4 is 0 Å². The van der Waals surface area contributed by atoms with Gasteiger partial charge in [0.1, 0.15) is 6.54 Å². The van der Waals surface area contributed by atoms with Crippen LogP contribution in [-0.2, 0) is 22.7 Å². The molecule has 2 aromatic carbocycles. The maximum absolute atomic E-state index is 12.5. The molecule has 0 aliphatic carbocycles. The fraction of sp³-hybridized carbons (Fsp3) is 0.300. The summed E-state index contributed by atoms with van der Waals surface area (Å²) in [5.74, 6) is -0.164. The van der Waals surface area contributed by atoms with Crippen LogP contribution in [0.2, 0.25) is 0 Å². The topological polar surface area (TPSA) is 40.6 Å². The summed E-state index contributed by atoms with van der Waals surface area (Å²) in [5, 5.41) is 0. The van der Waals surface area contributed by atoms with Crippen molar-refractivity contribution >= 4 is 11.8 Å². The molecular formula is C20H24N2O2. The number of likely N-dealkylation sites (N-methyl/N-ethyl adjacent to an activating group) is 1. The zero-order chi connectivity index (χ0) is 17.5. The zero-order valence-electron chi connectivity index (χ0n) is 14.5. The van der Waals surface area contributed by atoms with Crippen molar-refractivity contribution in [3.05, 3.63) is 71.3 Å². The molecule has 0 spiro atoms. The molecule has 0 atom stereocenters. The van der Waals surface area contributed by atoms with E-state index in [-0.39, 0.29) is 18.4 Å². The molecule has 2 amide bonds. The summed E-state index contributed by atoms with van der Waals surface area (Å²) in [6, 6.07) is 17.7. The van der Waals surface area contributed by atoms with Gasteiger partial charge in [0, 0.05) is 27.1 Å². The molecule has 4 heteroatoms. The Hall–Kier alpha value is -2.62. The molecule has 0 N–H and O–H groups in total. The highest BCUT2D eigenvalue weighted by Crippen LogP contribution is 2.11. The average Bonchev–Trinajstić information content (AvgIpc) is 2.56. The van der Waals surface area contributed by atoms with Crippen LogP contribution in [0.5, 0.6) is 0 Å². The Kier molecular flexibility index (Phi) is 6.13. The van der Waals surface area contributed by atoms with Crippen LogP contribution in [0.25, 0.3) is 0 Å². The van der Waals surface area contributed by atoms with Crippen LogP contribution in [0.3, 0.4) is 0 Å². The summed E-state index contributed by atoms with van der Waals surface area (Å²) >= 11 is 0. The van der Waals surface area contributed by atoms with Gasteiger partial charge in [0.15, 0.2) is 0 Å². The van der Waals surface area contributed by atoms with Gasteiger partial charge < -0.3 is 9.80 Å². The lowest BCUT2D eigenvalue weighted by atomic mass is 10.1. The van der Waals surface area contributed by atoms with Crippen LogP contribution in [0.15, 0.2) is 54.6 Å². The minimum atomic E-state index is -0.0975. The van der Waals surface area contributed by atoms with E-state index in [9.17, 15) is 9.59 Å². The first-order valence-corrected chi connectivity index (χ1v) is 8.05. The van der Waals surface area contributed by atoms with E-state index >= 15 is 0 Å². The number of rotatable bonds is 6. The van der Waals surface area contributed by atoms with Crippen LogP contribution in [0, 0.1) is 6.92 Å². The van der Waals surface area contributed by atoms with Crippen molar-refractivity contribution in [1.82, 2.24) is 9.80 Å². The minimum absolute atomic E-state index is 0.0670. The summed E-state index contributed by atoms with van der Waals surface area (Å²) in [6.07, 6.45) is 0. The van der Waals surface area contributed by atoms with E-state index < -0.39 is 0 Å². The quantitative estimate of drug-likeness (QED) is 0.819. The molecule has 2 rings (SSSR count). The van der Waals surface area contributed by atoms with Crippen LogP contribution in [0.4, 0.5) is 0 Å². The first-order chi connectivity index (χ1) is 11.5. The normalized spacial score (nSPS) is 10.3. The standard InChI is InChI=1S/C20H24N2O2/c1-16-9-7-8-12-19(16)14-22(17(2)23)15-20(24)21(3)13-18-10-5-4-6-11-18/h4-12H,13-15H2,1-3H3. The fourth-order valence-corrected chi connectivity index (χ4v) is 2.50. The van der Waals surface area contributed by atoms with Crippen molar-refractivity contribution in [2.45, 2.75) is 26.9 Å². The van der Waals surface area contributed by atoms with Gasteiger partial charge in [-0.15, -0.1) is 0 Å².